The van der Waals surface area contributed by atoms with E-state index in [1.165, 1.54) is 12.4 Å². The van der Waals surface area contributed by atoms with Crippen molar-refractivity contribution in [3.8, 4) is 11.9 Å². The van der Waals surface area contributed by atoms with E-state index in [0.717, 1.165) is 25.7 Å². The molecular weight excluding hydrogens is 374 g/mol. The first kappa shape index (κ1) is 19.6. The number of carbonyl (C=O) groups is 2. The molecule has 4 rings (SSSR count). The van der Waals surface area contributed by atoms with Gasteiger partial charge in [0.25, 0.3) is 5.88 Å². The summed E-state index contributed by atoms with van der Waals surface area (Å²) in [4.78, 5) is 37.3. The van der Waals surface area contributed by atoms with Crippen molar-refractivity contribution in [1.82, 2.24) is 19.8 Å². The first-order valence-corrected chi connectivity index (χ1v) is 10.2. The lowest BCUT2D eigenvalue weighted by Crippen LogP contribution is -2.47. The molecule has 0 aliphatic carbocycles. The standard InChI is InChI=1S/C20H25N5O4/c21-11-17-19(23-6-5-22-17)29-16-2-1-7-24(13-16)20(27)14-10-18(26)25(12-14)15-3-8-28-9-4-15/h5-6,14-16H,1-4,7-10,12-13H2/t14-,16-/m0/s1. The van der Waals surface area contributed by atoms with E-state index in [1.807, 2.05) is 11.0 Å². The van der Waals surface area contributed by atoms with Crippen molar-refractivity contribution >= 4 is 11.8 Å². The molecule has 154 valence electrons. The van der Waals surface area contributed by atoms with Crippen LogP contribution in [-0.4, -0.2) is 76.6 Å². The molecule has 9 heteroatoms. The Bertz CT molecular complexity index is 804. The van der Waals surface area contributed by atoms with Crippen molar-refractivity contribution in [3.63, 3.8) is 0 Å². The van der Waals surface area contributed by atoms with Gasteiger partial charge in [-0.3, -0.25) is 9.59 Å². The Morgan fingerprint density at radius 2 is 2.00 bits per heavy atom. The third-order valence-corrected chi connectivity index (χ3v) is 5.88. The first-order chi connectivity index (χ1) is 14.2. The Hall–Kier alpha value is -2.73. The highest BCUT2D eigenvalue weighted by Crippen LogP contribution is 2.27. The number of carbonyl (C=O) groups excluding carboxylic acids is 2. The zero-order valence-corrected chi connectivity index (χ0v) is 16.3. The van der Waals surface area contributed by atoms with Crippen LogP contribution in [0.1, 0.15) is 37.8 Å². The quantitative estimate of drug-likeness (QED) is 0.735. The van der Waals surface area contributed by atoms with Gasteiger partial charge in [-0.2, -0.15) is 5.26 Å². The van der Waals surface area contributed by atoms with Gasteiger partial charge in [0.05, 0.1) is 12.5 Å². The minimum atomic E-state index is -0.296. The number of hydrogen-bond acceptors (Lipinski definition) is 7. The number of nitrogens with zero attached hydrogens (tertiary/aromatic N) is 5. The van der Waals surface area contributed by atoms with E-state index in [2.05, 4.69) is 9.97 Å². The molecule has 0 N–H and O–H groups in total. The highest BCUT2D eigenvalue weighted by molar-refractivity contribution is 5.89. The molecular formula is C20H25N5O4. The average Bonchev–Trinajstić information content (AvgIpc) is 3.16. The van der Waals surface area contributed by atoms with Crippen molar-refractivity contribution in [2.45, 2.75) is 44.2 Å². The molecule has 1 aromatic heterocycles. The van der Waals surface area contributed by atoms with Crippen LogP contribution in [-0.2, 0) is 14.3 Å². The van der Waals surface area contributed by atoms with Crippen LogP contribution in [0.2, 0.25) is 0 Å². The highest BCUT2D eigenvalue weighted by Gasteiger charge is 2.40. The fraction of sp³-hybridized carbons (Fsp3) is 0.650. The summed E-state index contributed by atoms with van der Waals surface area (Å²) in [6.07, 6.45) is 6.24. The van der Waals surface area contributed by atoms with Crippen LogP contribution in [0.4, 0.5) is 0 Å². The SMILES string of the molecule is N#Cc1nccnc1O[C@H]1CCCN(C(=O)[C@H]2CC(=O)N(C3CCOCC3)C2)C1. The predicted octanol–water partition coefficient (Wildman–Crippen LogP) is 0.746. The van der Waals surface area contributed by atoms with E-state index >= 15 is 0 Å². The van der Waals surface area contributed by atoms with Gasteiger partial charge in [0.1, 0.15) is 12.2 Å². The molecule has 0 bridgehead atoms. The lowest BCUT2D eigenvalue weighted by atomic mass is 10.0. The van der Waals surface area contributed by atoms with Crippen molar-refractivity contribution in [2.75, 3.05) is 32.8 Å². The second-order valence-corrected chi connectivity index (χ2v) is 7.78. The van der Waals surface area contributed by atoms with Crippen LogP contribution in [0.5, 0.6) is 5.88 Å². The summed E-state index contributed by atoms with van der Waals surface area (Å²) in [5.41, 5.74) is 0.143. The van der Waals surface area contributed by atoms with E-state index in [1.54, 1.807) is 4.90 Å². The second-order valence-electron chi connectivity index (χ2n) is 7.78. The van der Waals surface area contributed by atoms with Crippen LogP contribution in [0, 0.1) is 17.2 Å². The predicted molar refractivity (Wildman–Crippen MR) is 101 cm³/mol. The van der Waals surface area contributed by atoms with Crippen molar-refractivity contribution < 1.29 is 19.1 Å². The maximum atomic E-state index is 13.1. The van der Waals surface area contributed by atoms with Gasteiger partial charge >= 0.3 is 0 Å². The number of nitriles is 1. The second kappa shape index (κ2) is 8.74. The highest BCUT2D eigenvalue weighted by atomic mass is 16.5. The molecule has 3 fully saturated rings. The topological polar surface area (TPSA) is 109 Å². The zero-order valence-electron chi connectivity index (χ0n) is 16.3. The lowest BCUT2D eigenvalue weighted by molar-refractivity contribution is -0.138. The Morgan fingerprint density at radius 1 is 1.21 bits per heavy atom. The van der Waals surface area contributed by atoms with Crippen LogP contribution in [0.25, 0.3) is 0 Å². The molecule has 0 spiro atoms. The van der Waals surface area contributed by atoms with E-state index < -0.39 is 0 Å². The number of rotatable bonds is 4. The Balaban J connectivity index is 1.36. The number of aromatic nitrogens is 2. The van der Waals surface area contributed by atoms with Gasteiger partial charge < -0.3 is 19.3 Å². The van der Waals surface area contributed by atoms with Crippen LogP contribution >= 0.6 is 0 Å². The van der Waals surface area contributed by atoms with Gasteiger partial charge in [-0.15, -0.1) is 0 Å². The van der Waals surface area contributed by atoms with Gasteiger partial charge in [0.2, 0.25) is 17.5 Å². The molecule has 29 heavy (non-hydrogen) atoms. The van der Waals surface area contributed by atoms with Crippen LogP contribution in [0.15, 0.2) is 12.4 Å². The lowest BCUT2D eigenvalue weighted by Gasteiger charge is -2.34. The third kappa shape index (κ3) is 4.32. The maximum absolute atomic E-state index is 13.1. The molecule has 0 unspecified atom stereocenters. The van der Waals surface area contributed by atoms with E-state index in [0.29, 0.717) is 32.8 Å². The molecule has 3 aliphatic rings. The van der Waals surface area contributed by atoms with Crippen molar-refractivity contribution in [2.24, 2.45) is 5.92 Å². The monoisotopic (exact) mass is 399 g/mol. The van der Waals surface area contributed by atoms with Gasteiger partial charge in [0, 0.05) is 51.2 Å². The van der Waals surface area contributed by atoms with Crippen LogP contribution < -0.4 is 4.74 Å². The summed E-state index contributed by atoms with van der Waals surface area (Å²) in [6, 6.07) is 2.16. The summed E-state index contributed by atoms with van der Waals surface area (Å²) >= 11 is 0. The number of amides is 2. The molecule has 1 aromatic rings. The molecule has 4 heterocycles. The number of ether oxygens (including phenoxy) is 2. The number of likely N-dealkylation sites (tertiary alicyclic amines) is 2. The molecule has 2 amide bonds. The number of hydrogen-bond donors (Lipinski definition) is 0. The fourth-order valence-electron chi connectivity index (χ4n) is 4.39. The maximum Gasteiger partial charge on any atom is 0.251 e. The van der Waals surface area contributed by atoms with E-state index in [4.69, 9.17) is 14.7 Å². The number of piperidine rings is 1. The zero-order chi connectivity index (χ0) is 20.2. The summed E-state index contributed by atoms with van der Waals surface area (Å²) in [7, 11) is 0. The molecule has 0 saturated carbocycles. The molecule has 0 aromatic carbocycles. The Kier molecular flexibility index (Phi) is 5.90. The smallest absolute Gasteiger partial charge is 0.251 e. The van der Waals surface area contributed by atoms with E-state index in [-0.39, 0.29) is 47.9 Å². The average molecular weight is 399 g/mol. The molecule has 2 atom stereocenters. The van der Waals surface area contributed by atoms with Gasteiger partial charge in [0.15, 0.2) is 0 Å². The van der Waals surface area contributed by atoms with Crippen molar-refractivity contribution in [3.05, 3.63) is 18.1 Å². The summed E-state index contributed by atoms with van der Waals surface area (Å²) in [5, 5.41) is 9.15. The van der Waals surface area contributed by atoms with Crippen molar-refractivity contribution in [1.29, 1.82) is 5.26 Å². The van der Waals surface area contributed by atoms with Gasteiger partial charge in [-0.1, -0.05) is 0 Å². The Morgan fingerprint density at radius 3 is 2.79 bits per heavy atom. The summed E-state index contributed by atoms with van der Waals surface area (Å²) in [5.74, 6) is -0.00883. The van der Waals surface area contributed by atoms with Gasteiger partial charge in [-0.25, -0.2) is 9.97 Å². The molecule has 9 nitrogen and oxygen atoms in total. The fourth-order valence-corrected chi connectivity index (χ4v) is 4.39. The molecule has 3 saturated heterocycles. The Labute approximate surface area is 169 Å². The largest absolute Gasteiger partial charge is 0.470 e. The van der Waals surface area contributed by atoms with E-state index in [9.17, 15) is 9.59 Å². The summed E-state index contributed by atoms with van der Waals surface area (Å²) in [6.45, 7) is 2.93. The first-order valence-electron chi connectivity index (χ1n) is 10.2. The third-order valence-electron chi connectivity index (χ3n) is 5.88. The van der Waals surface area contributed by atoms with Crippen LogP contribution in [0.3, 0.4) is 0 Å². The van der Waals surface area contributed by atoms with Gasteiger partial charge in [-0.05, 0) is 25.7 Å². The molecule has 3 aliphatic heterocycles. The summed E-state index contributed by atoms with van der Waals surface area (Å²) < 4.78 is 11.3. The molecule has 0 radical (unpaired) electrons. The minimum absolute atomic E-state index is 0.0147. The minimum Gasteiger partial charge on any atom is -0.470 e. The normalized spacial score (nSPS) is 25.7.